The molecular weight excluding hydrogens is 414 g/mol. The number of sulfonamides is 1. The molecule has 152 valence electrons. The monoisotopic (exact) mass is 428 g/mol. The van der Waals surface area contributed by atoms with Crippen LogP contribution in [0.25, 0.3) is 11.0 Å². The normalized spacial score (nSPS) is 11.6. The van der Waals surface area contributed by atoms with Gasteiger partial charge >= 0.3 is 0 Å². The van der Waals surface area contributed by atoms with Crippen molar-refractivity contribution in [2.75, 3.05) is 4.72 Å². The Morgan fingerprint density at radius 1 is 1.17 bits per heavy atom. The Morgan fingerprint density at radius 3 is 2.70 bits per heavy atom. The van der Waals surface area contributed by atoms with Crippen molar-refractivity contribution < 1.29 is 22.0 Å². The Labute approximate surface area is 169 Å². The minimum absolute atomic E-state index is 0.0197. The van der Waals surface area contributed by atoms with E-state index in [-0.39, 0.29) is 10.5 Å². The number of anilines is 1. The molecule has 2 N–H and O–H groups in total. The Hall–Kier alpha value is -3.66. The molecule has 10 heteroatoms. The summed E-state index contributed by atoms with van der Waals surface area (Å²) < 4.78 is 56.4. The molecule has 0 fully saturated rings. The molecule has 4 rings (SSSR count). The Morgan fingerprint density at radius 2 is 1.97 bits per heavy atom. The third-order valence-electron chi connectivity index (χ3n) is 4.42. The fourth-order valence-electron chi connectivity index (χ4n) is 2.98. The number of hydrogen-bond acceptors (Lipinski definition) is 5. The first-order valence-electron chi connectivity index (χ1n) is 8.67. The minimum atomic E-state index is -4.19. The highest BCUT2D eigenvalue weighted by Crippen LogP contribution is 2.28. The fraction of sp³-hybridized carbons (Fsp3) is 0.0500. The second-order valence-corrected chi connectivity index (χ2v) is 8.20. The van der Waals surface area contributed by atoms with Crippen molar-refractivity contribution in [1.29, 1.82) is 0 Å². The number of hydrogen-bond donors (Lipinski definition) is 2. The minimum Gasteiger partial charge on any atom is -0.345 e. The molecule has 0 aliphatic carbocycles. The largest absolute Gasteiger partial charge is 0.345 e. The van der Waals surface area contributed by atoms with Crippen LogP contribution in [0, 0.1) is 18.6 Å². The fourth-order valence-corrected chi connectivity index (χ4v) is 4.00. The second-order valence-electron chi connectivity index (χ2n) is 6.52. The van der Waals surface area contributed by atoms with Gasteiger partial charge in [0, 0.05) is 35.7 Å². The van der Waals surface area contributed by atoms with Gasteiger partial charge in [0.25, 0.3) is 10.0 Å². The number of halogens is 2. The van der Waals surface area contributed by atoms with Crippen LogP contribution in [0.1, 0.15) is 21.5 Å². The van der Waals surface area contributed by atoms with Gasteiger partial charge in [0.2, 0.25) is 5.78 Å². The summed E-state index contributed by atoms with van der Waals surface area (Å²) in [5.74, 6) is -3.37. The molecule has 0 aliphatic rings. The van der Waals surface area contributed by atoms with Crippen molar-refractivity contribution in [3.05, 3.63) is 83.4 Å². The highest BCUT2D eigenvalue weighted by Gasteiger charge is 2.26. The van der Waals surface area contributed by atoms with E-state index < -0.39 is 38.7 Å². The van der Waals surface area contributed by atoms with Gasteiger partial charge in [0.1, 0.15) is 16.4 Å². The number of rotatable bonds is 5. The summed E-state index contributed by atoms with van der Waals surface area (Å²) in [7, 11) is -4.19. The van der Waals surface area contributed by atoms with E-state index in [1.54, 1.807) is 19.2 Å². The molecule has 0 saturated heterocycles. The lowest BCUT2D eigenvalue weighted by Crippen LogP contribution is -2.16. The predicted octanol–water partition coefficient (Wildman–Crippen LogP) is 3.58. The highest BCUT2D eigenvalue weighted by atomic mass is 32.2. The van der Waals surface area contributed by atoms with Gasteiger partial charge in [-0.1, -0.05) is 0 Å². The van der Waals surface area contributed by atoms with E-state index in [4.69, 9.17) is 0 Å². The van der Waals surface area contributed by atoms with Crippen LogP contribution in [-0.4, -0.2) is 29.2 Å². The van der Waals surface area contributed by atoms with Crippen molar-refractivity contribution in [1.82, 2.24) is 15.0 Å². The van der Waals surface area contributed by atoms with Gasteiger partial charge in [0.05, 0.1) is 11.3 Å². The first-order chi connectivity index (χ1) is 14.3. The van der Waals surface area contributed by atoms with Crippen molar-refractivity contribution in [2.45, 2.75) is 11.8 Å². The molecule has 0 atom stereocenters. The summed E-state index contributed by atoms with van der Waals surface area (Å²) in [4.78, 5) is 23.4. The van der Waals surface area contributed by atoms with Crippen molar-refractivity contribution >= 4 is 32.5 Å². The summed E-state index contributed by atoms with van der Waals surface area (Å²) in [5.41, 5.74) is -0.263. The summed E-state index contributed by atoms with van der Waals surface area (Å²) in [6.07, 6.45) is 5.36. The molecular formula is C20H14F2N4O3S. The topological polar surface area (TPSA) is 105 Å². The molecule has 0 bridgehead atoms. The summed E-state index contributed by atoms with van der Waals surface area (Å²) >= 11 is 0. The zero-order valence-electron chi connectivity index (χ0n) is 15.5. The summed E-state index contributed by atoms with van der Waals surface area (Å²) in [6.45, 7) is 1.77. The lowest BCUT2D eigenvalue weighted by molar-refractivity contribution is 0.103. The number of nitrogens with zero attached hydrogens (tertiary/aromatic N) is 2. The molecule has 0 unspecified atom stereocenters. The van der Waals surface area contributed by atoms with Gasteiger partial charge < -0.3 is 4.98 Å². The van der Waals surface area contributed by atoms with Crippen LogP contribution in [-0.2, 0) is 10.0 Å². The number of ketones is 1. The third-order valence-corrected chi connectivity index (χ3v) is 5.77. The number of nitrogens with one attached hydrogen (secondary N) is 2. The molecule has 1 aromatic carbocycles. The van der Waals surface area contributed by atoms with Crippen molar-refractivity contribution in [3.8, 4) is 0 Å². The number of carbonyl (C=O) groups excluding carboxylic acids is 1. The lowest BCUT2D eigenvalue weighted by Gasteiger charge is -2.11. The molecule has 0 aliphatic heterocycles. The standard InChI is InChI=1S/C20H14F2N4O3S/c1-11-7-13-14(10-25-20(13)24-8-11)19(27)17-15(21)4-5-16(18(17)22)26-30(28,29)12-3-2-6-23-9-12/h2-10,26H,1H3,(H,24,25). The number of pyridine rings is 2. The van der Waals surface area contributed by atoms with Crippen molar-refractivity contribution in [3.63, 3.8) is 0 Å². The van der Waals surface area contributed by atoms with E-state index in [0.717, 1.165) is 23.9 Å². The lowest BCUT2D eigenvalue weighted by atomic mass is 10.0. The van der Waals surface area contributed by atoms with Crippen LogP contribution < -0.4 is 4.72 Å². The molecule has 0 spiro atoms. The number of aromatic nitrogens is 3. The van der Waals surface area contributed by atoms with E-state index in [1.165, 1.54) is 24.5 Å². The summed E-state index contributed by atoms with van der Waals surface area (Å²) in [5, 5.41) is 0.403. The second kappa shape index (κ2) is 7.30. The SMILES string of the molecule is Cc1cnc2[nH]cc(C(=O)c3c(F)ccc(NS(=O)(=O)c4cccnc4)c3F)c2c1. The van der Waals surface area contributed by atoms with Crippen LogP contribution in [0.3, 0.4) is 0 Å². The Kier molecular flexibility index (Phi) is 4.78. The van der Waals surface area contributed by atoms with Gasteiger partial charge in [-0.3, -0.25) is 14.5 Å². The third kappa shape index (κ3) is 3.41. The number of fused-ring (bicyclic) bond motifs is 1. The average Bonchev–Trinajstić information content (AvgIpc) is 3.14. The maximum absolute atomic E-state index is 15.1. The Balaban J connectivity index is 1.78. The molecule has 7 nitrogen and oxygen atoms in total. The molecule has 0 saturated carbocycles. The van der Waals surface area contributed by atoms with E-state index in [1.807, 2.05) is 4.72 Å². The molecule has 30 heavy (non-hydrogen) atoms. The van der Waals surface area contributed by atoms with Crippen molar-refractivity contribution in [2.24, 2.45) is 0 Å². The Bertz CT molecular complexity index is 1390. The van der Waals surface area contributed by atoms with Crippen LogP contribution in [0.2, 0.25) is 0 Å². The number of aryl methyl sites for hydroxylation is 1. The molecule has 0 amide bonds. The van der Waals surface area contributed by atoms with Crippen LogP contribution in [0.5, 0.6) is 0 Å². The molecule has 4 aromatic rings. The van der Waals surface area contributed by atoms with E-state index in [2.05, 4.69) is 15.0 Å². The highest BCUT2D eigenvalue weighted by molar-refractivity contribution is 7.92. The molecule has 3 heterocycles. The quantitative estimate of drug-likeness (QED) is 0.473. The zero-order valence-corrected chi connectivity index (χ0v) is 16.3. The first kappa shape index (κ1) is 19.6. The van der Waals surface area contributed by atoms with Gasteiger partial charge in [-0.2, -0.15) is 0 Å². The smallest absolute Gasteiger partial charge is 0.263 e. The van der Waals surface area contributed by atoms with Crippen LogP contribution in [0.4, 0.5) is 14.5 Å². The van der Waals surface area contributed by atoms with Gasteiger partial charge in [0.15, 0.2) is 5.82 Å². The van der Waals surface area contributed by atoms with E-state index >= 15 is 4.39 Å². The number of H-pyrrole nitrogens is 1. The maximum atomic E-state index is 15.1. The molecule has 3 aromatic heterocycles. The number of aromatic amines is 1. The summed E-state index contributed by atoms with van der Waals surface area (Å²) in [6, 6.07) is 6.07. The van der Waals surface area contributed by atoms with E-state index in [9.17, 15) is 17.6 Å². The van der Waals surface area contributed by atoms with E-state index in [0.29, 0.717) is 11.0 Å². The average molecular weight is 428 g/mol. The van der Waals surface area contributed by atoms with Gasteiger partial charge in [-0.25, -0.2) is 22.2 Å². The first-order valence-corrected chi connectivity index (χ1v) is 10.2. The van der Waals surface area contributed by atoms with Crippen LogP contribution >= 0.6 is 0 Å². The van der Waals surface area contributed by atoms with Gasteiger partial charge in [-0.05, 0) is 42.8 Å². The zero-order chi connectivity index (χ0) is 21.5. The maximum Gasteiger partial charge on any atom is 0.263 e. The number of carbonyl (C=O) groups is 1. The number of benzene rings is 1. The molecule has 0 radical (unpaired) electrons. The van der Waals surface area contributed by atoms with Gasteiger partial charge in [-0.15, -0.1) is 0 Å². The predicted molar refractivity (Wildman–Crippen MR) is 106 cm³/mol. The van der Waals surface area contributed by atoms with Crippen LogP contribution in [0.15, 0.2) is 60.0 Å².